The smallest absolute Gasteiger partial charge is 0.349 e. The van der Waals surface area contributed by atoms with Crippen molar-refractivity contribution in [2.45, 2.75) is 6.92 Å². The molecular weight excluding hydrogens is 408 g/mol. The zero-order chi connectivity index (χ0) is 22.4. The molecule has 8 nitrogen and oxygen atoms in total. The molecule has 156 valence electrons. The predicted molar refractivity (Wildman–Crippen MR) is 118 cm³/mol. The van der Waals surface area contributed by atoms with Gasteiger partial charge in [0.2, 0.25) is 0 Å². The number of aryl methyl sites for hydroxylation is 1. The maximum Gasteiger partial charge on any atom is 0.349 e. The quantitative estimate of drug-likeness (QED) is 0.434. The first-order valence-corrected chi connectivity index (χ1v) is 9.72. The van der Waals surface area contributed by atoms with Crippen LogP contribution in [-0.4, -0.2) is 26.8 Å². The maximum absolute atomic E-state index is 12.9. The van der Waals surface area contributed by atoms with Crippen molar-refractivity contribution in [1.82, 2.24) is 14.6 Å². The molecule has 0 amide bonds. The van der Waals surface area contributed by atoms with Crippen LogP contribution in [0.15, 0.2) is 63.8 Å². The zero-order valence-corrected chi connectivity index (χ0v) is 17.2. The predicted octanol–water partition coefficient (Wildman–Crippen LogP) is 4.06. The van der Waals surface area contributed by atoms with Crippen LogP contribution in [0.3, 0.4) is 0 Å². The molecule has 5 rings (SSSR count). The summed E-state index contributed by atoms with van der Waals surface area (Å²) in [5.74, 6) is 0.857. The Balaban J connectivity index is 1.90. The van der Waals surface area contributed by atoms with Crippen LogP contribution >= 0.6 is 0 Å². The largest absolute Gasteiger partial charge is 0.506 e. The molecule has 0 aliphatic heterocycles. The fraction of sp³-hybridized carbons (Fsp3) is 0.0833. The van der Waals surface area contributed by atoms with Gasteiger partial charge in [-0.2, -0.15) is 10.4 Å². The number of para-hydroxylation sites is 1. The summed E-state index contributed by atoms with van der Waals surface area (Å²) in [6.07, 6.45) is 0. The third-order valence-electron chi connectivity index (χ3n) is 5.27. The van der Waals surface area contributed by atoms with E-state index in [0.717, 1.165) is 5.56 Å². The number of rotatable bonds is 3. The highest BCUT2D eigenvalue weighted by molar-refractivity contribution is 5.91. The van der Waals surface area contributed by atoms with Crippen LogP contribution in [0, 0.1) is 18.3 Å². The number of nitrogens with zero attached hydrogens (tertiary/aromatic N) is 4. The van der Waals surface area contributed by atoms with Crippen LogP contribution < -0.4 is 10.4 Å². The number of benzene rings is 2. The average Bonchev–Trinajstić information content (AvgIpc) is 3.20. The van der Waals surface area contributed by atoms with E-state index >= 15 is 0 Å². The Kier molecular flexibility index (Phi) is 4.38. The van der Waals surface area contributed by atoms with Gasteiger partial charge in [0.15, 0.2) is 5.65 Å². The molecule has 0 aliphatic rings. The lowest BCUT2D eigenvalue weighted by molar-refractivity contribution is 0.415. The summed E-state index contributed by atoms with van der Waals surface area (Å²) >= 11 is 0. The molecule has 0 aliphatic carbocycles. The Bertz CT molecular complexity index is 1610. The number of hydrogen-bond donors (Lipinski definition) is 1. The van der Waals surface area contributed by atoms with Gasteiger partial charge in [0, 0.05) is 5.56 Å². The van der Waals surface area contributed by atoms with E-state index in [1.165, 1.54) is 4.52 Å². The molecule has 3 heterocycles. The molecular formula is C24H16N4O4. The molecule has 32 heavy (non-hydrogen) atoms. The Morgan fingerprint density at radius 3 is 2.62 bits per heavy atom. The summed E-state index contributed by atoms with van der Waals surface area (Å²) in [4.78, 5) is 17.3. The minimum Gasteiger partial charge on any atom is -0.506 e. The molecule has 0 saturated carbocycles. The lowest BCUT2D eigenvalue weighted by atomic mass is 9.98. The summed E-state index contributed by atoms with van der Waals surface area (Å²) in [5, 5.41) is 25.7. The van der Waals surface area contributed by atoms with Gasteiger partial charge in [-0.3, -0.25) is 0 Å². The van der Waals surface area contributed by atoms with Gasteiger partial charge in [0.1, 0.15) is 40.1 Å². The van der Waals surface area contributed by atoms with Crippen molar-refractivity contribution >= 4 is 16.6 Å². The number of aromatic hydroxyl groups is 1. The minimum atomic E-state index is -0.721. The van der Waals surface area contributed by atoms with Crippen molar-refractivity contribution in [1.29, 1.82) is 5.26 Å². The van der Waals surface area contributed by atoms with Crippen LogP contribution in [0.5, 0.6) is 11.5 Å². The van der Waals surface area contributed by atoms with E-state index in [2.05, 4.69) is 16.2 Å². The minimum absolute atomic E-state index is 0.0575. The van der Waals surface area contributed by atoms with Crippen LogP contribution in [0.2, 0.25) is 0 Å². The topological polar surface area (TPSA) is 114 Å². The highest BCUT2D eigenvalue weighted by atomic mass is 16.5. The molecule has 0 spiro atoms. The highest BCUT2D eigenvalue weighted by Crippen LogP contribution is 2.37. The first-order valence-electron chi connectivity index (χ1n) is 9.72. The number of methoxy groups -OCH3 is 1. The van der Waals surface area contributed by atoms with Crippen LogP contribution in [0.1, 0.15) is 11.4 Å². The second-order valence-electron chi connectivity index (χ2n) is 7.16. The van der Waals surface area contributed by atoms with Crippen molar-refractivity contribution in [3.05, 3.63) is 76.4 Å². The normalized spacial score (nSPS) is 11.0. The van der Waals surface area contributed by atoms with E-state index in [9.17, 15) is 15.2 Å². The number of ether oxygens (including phenoxy) is 1. The van der Waals surface area contributed by atoms with Gasteiger partial charge in [-0.1, -0.05) is 24.3 Å². The van der Waals surface area contributed by atoms with Crippen LogP contribution in [0.4, 0.5) is 0 Å². The van der Waals surface area contributed by atoms with Gasteiger partial charge >= 0.3 is 5.63 Å². The monoisotopic (exact) mass is 424 g/mol. The second-order valence-corrected chi connectivity index (χ2v) is 7.16. The van der Waals surface area contributed by atoms with Gasteiger partial charge in [0.05, 0.1) is 18.2 Å². The maximum atomic E-state index is 12.9. The first kappa shape index (κ1) is 19.3. The van der Waals surface area contributed by atoms with E-state index in [1.807, 2.05) is 0 Å². The van der Waals surface area contributed by atoms with Crippen molar-refractivity contribution < 1.29 is 14.3 Å². The standard InChI is InChI=1S/C24H16N4O4/c1-13-26-23-18(12-25)17(14-7-9-15(31-2)10-8-14)11-19(28(23)27-13)21-22(29)16-5-3-4-6-20(16)32-24(21)30/h3-11,29H,1-2H3. The summed E-state index contributed by atoms with van der Waals surface area (Å²) in [7, 11) is 1.57. The van der Waals surface area contributed by atoms with E-state index < -0.39 is 5.63 Å². The Morgan fingerprint density at radius 2 is 1.91 bits per heavy atom. The lowest BCUT2D eigenvalue weighted by Gasteiger charge is -2.12. The van der Waals surface area contributed by atoms with Crippen molar-refractivity contribution in [3.63, 3.8) is 0 Å². The molecule has 5 aromatic rings. The summed E-state index contributed by atoms with van der Waals surface area (Å²) in [5.41, 5.74) is 1.59. The number of aromatic nitrogens is 3. The van der Waals surface area contributed by atoms with Gasteiger partial charge in [0.25, 0.3) is 0 Å². The average molecular weight is 424 g/mol. The summed E-state index contributed by atoms with van der Waals surface area (Å²) in [6.45, 7) is 1.69. The molecule has 0 fully saturated rings. The molecule has 0 bridgehead atoms. The van der Waals surface area contributed by atoms with Gasteiger partial charge < -0.3 is 14.3 Å². The zero-order valence-electron chi connectivity index (χ0n) is 17.2. The Morgan fingerprint density at radius 1 is 1.16 bits per heavy atom. The summed E-state index contributed by atoms with van der Waals surface area (Å²) < 4.78 is 12.1. The number of hydrogen-bond acceptors (Lipinski definition) is 7. The summed E-state index contributed by atoms with van der Waals surface area (Å²) in [6, 6.07) is 17.7. The van der Waals surface area contributed by atoms with Crippen molar-refractivity contribution in [2.24, 2.45) is 0 Å². The SMILES string of the molecule is COc1ccc(-c2cc(-c3c(O)c4ccccc4oc3=O)n3nc(C)nc3c2C#N)cc1. The third-order valence-corrected chi connectivity index (χ3v) is 5.27. The molecule has 8 heteroatoms. The molecule has 0 saturated heterocycles. The van der Waals surface area contributed by atoms with Gasteiger partial charge in [-0.15, -0.1) is 0 Å². The van der Waals surface area contributed by atoms with E-state index in [1.54, 1.807) is 68.6 Å². The van der Waals surface area contributed by atoms with Crippen LogP contribution in [0.25, 0.3) is 39.0 Å². The third kappa shape index (κ3) is 2.87. The lowest BCUT2D eigenvalue weighted by Crippen LogP contribution is -2.08. The molecule has 0 unspecified atom stereocenters. The first-order chi connectivity index (χ1) is 15.5. The van der Waals surface area contributed by atoms with Crippen molar-refractivity contribution in [2.75, 3.05) is 7.11 Å². The Labute approximate surface area is 181 Å². The van der Waals surface area contributed by atoms with Crippen molar-refractivity contribution in [3.8, 4) is 40.0 Å². The molecule has 3 aromatic heterocycles. The number of pyridine rings is 1. The molecule has 2 aromatic carbocycles. The molecule has 1 N–H and O–H groups in total. The molecule has 0 radical (unpaired) electrons. The van der Waals surface area contributed by atoms with E-state index in [4.69, 9.17) is 9.15 Å². The van der Waals surface area contributed by atoms with E-state index in [0.29, 0.717) is 28.1 Å². The number of nitriles is 1. The van der Waals surface area contributed by atoms with Crippen LogP contribution in [-0.2, 0) is 0 Å². The number of fused-ring (bicyclic) bond motifs is 2. The van der Waals surface area contributed by atoms with Gasteiger partial charge in [-0.05, 0) is 42.8 Å². The Hall–Kier alpha value is -4.64. The fourth-order valence-electron chi connectivity index (χ4n) is 3.78. The second kappa shape index (κ2) is 7.25. The molecule has 0 atom stereocenters. The van der Waals surface area contributed by atoms with Gasteiger partial charge in [-0.25, -0.2) is 14.3 Å². The fourth-order valence-corrected chi connectivity index (χ4v) is 3.78. The highest BCUT2D eigenvalue weighted by Gasteiger charge is 2.23. The van der Waals surface area contributed by atoms with E-state index in [-0.39, 0.29) is 28.2 Å².